The minimum Gasteiger partial charge on any atom is -0.454 e. The van der Waals surface area contributed by atoms with E-state index in [1.807, 2.05) is 18.2 Å². The summed E-state index contributed by atoms with van der Waals surface area (Å²) in [5.74, 6) is 1.12. The quantitative estimate of drug-likeness (QED) is 0.651. The molecule has 15 heavy (non-hydrogen) atoms. The molecule has 0 aromatic heterocycles. The van der Waals surface area contributed by atoms with Crippen molar-refractivity contribution in [3.8, 4) is 11.5 Å². The van der Waals surface area contributed by atoms with Crippen molar-refractivity contribution in [1.29, 1.82) is 0 Å². The maximum absolute atomic E-state index is 10.9. The lowest BCUT2D eigenvalue weighted by Gasteiger charge is -2.08. The van der Waals surface area contributed by atoms with Gasteiger partial charge in [-0.1, -0.05) is 6.07 Å². The van der Waals surface area contributed by atoms with Crippen LogP contribution in [0.5, 0.6) is 11.5 Å². The lowest BCUT2D eigenvalue weighted by molar-refractivity contribution is -0.138. The molecule has 3 rings (SSSR count). The first-order valence-corrected chi connectivity index (χ1v) is 4.61. The van der Waals surface area contributed by atoms with Crippen LogP contribution in [0.2, 0.25) is 0 Å². The van der Waals surface area contributed by atoms with Gasteiger partial charge in [-0.15, -0.1) is 0 Å². The Morgan fingerprint density at radius 1 is 1.20 bits per heavy atom. The zero-order valence-corrected chi connectivity index (χ0v) is 7.80. The van der Waals surface area contributed by atoms with E-state index in [0.29, 0.717) is 5.75 Å². The van der Waals surface area contributed by atoms with Crippen LogP contribution in [0.25, 0.3) is 0 Å². The van der Waals surface area contributed by atoms with E-state index < -0.39 is 0 Å². The number of esters is 1. The van der Waals surface area contributed by atoms with Gasteiger partial charge < -0.3 is 14.2 Å². The van der Waals surface area contributed by atoms with E-state index in [-0.39, 0.29) is 18.9 Å². The third-order valence-corrected chi connectivity index (χ3v) is 2.38. The summed E-state index contributed by atoms with van der Waals surface area (Å²) in [5, 5.41) is 0. The summed E-state index contributed by atoms with van der Waals surface area (Å²) in [6.45, 7) is 0.249. The van der Waals surface area contributed by atoms with E-state index in [9.17, 15) is 4.79 Å². The van der Waals surface area contributed by atoms with Crippen molar-refractivity contribution in [1.82, 2.24) is 0 Å². The standard InChI is InChI=1S/C11H8O4/c12-11-4-3-8(15-11)7-1-2-9-10(5-7)14-6-13-9/h1-5,8H,6H2. The molecule has 4 nitrogen and oxygen atoms in total. The van der Waals surface area contributed by atoms with Crippen LogP contribution in [0.4, 0.5) is 0 Å². The van der Waals surface area contributed by atoms with Crippen LogP contribution in [-0.2, 0) is 9.53 Å². The minimum absolute atomic E-state index is 0.249. The van der Waals surface area contributed by atoms with Crippen LogP contribution in [0.15, 0.2) is 30.4 Å². The molecule has 0 amide bonds. The molecule has 1 unspecified atom stereocenters. The highest BCUT2D eigenvalue weighted by Crippen LogP contribution is 2.36. The van der Waals surface area contributed by atoms with Crippen molar-refractivity contribution in [2.45, 2.75) is 6.10 Å². The molecule has 76 valence electrons. The van der Waals surface area contributed by atoms with Crippen molar-refractivity contribution in [2.75, 3.05) is 6.79 Å². The van der Waals surface area contributed by atoms with Crippen molar-refractivity contribution in [3.63, 3.8) is 0 Å². The Balaban J connectivity index is 1.93. The highest BCUT2D eigenvalue weighted by Gasteiger charge is 2.21. The van der Waals surface area contributed by atoms with Crippen molar-refractivity contribution >= 4 is 5.97 Å². The normalized spacial score (nSPS) is 21.9. The van der Waals surface area contributed by atoms with Gasteiger partial charge in [0.1, 0.15) is 6.10 Å². The molecule has 0 bridgehead atoms. The van der Waals surface area contributed by atoms with E-state index in [0.717, 1.165) is 11.3 Å². The number of carbonyl (C=O) groups excluding carboxylic acids is 1. The minimum atomic E-state index is -0.308. The fourth-order valence-corrected chi connectivity index (χ4v) is 1.64. The van der Waals surface area contributed by atoms with E-state index in [2.05, 4.69) is 0 Å². The van der Waals surface area contributed by atoms with E-state index >= 15 is 0 Å². The lowest BCUT2D eigenvalue weighted by atomic mass is 10.1. The molecule has 2 aliphatic heterocycles. The average molecular weight is 204 g/mol. The molecular formula is C11H8O4. The molecule has 0 fully saturated rings. The molecule has 0 saturated heterocycles. The van der Waals surface area contributed by atoms with Gasteiger partial charge in [0.25, 0.3) is 0 Å². The van der Waals surface area contributed by atoms with Gasteiger partial charge in [0, 0.05) is 11.6 Å². The number of benzene rings is 1. The Kier molecular flexibility index (Phi) is 1.68. The Labute approximate surface area is 86.1 Å². The Bertz CT molecular complexity index is 450. The summed E-state index contributed by atoms with van der Waals surface area (Å²) in [4.78, 5) is 10.9. The van der Waals surface area contributed by atoms with Gasteiger partial charge in [0.05, 0.1) is 0 Å². The highest BCUT2D eigenvalue weighted by atomic mass is 16.7. The largest absolute Gasteiger partial charge is 0.454 e. The topological polar surface area (TPSA) is 44.8 Å². The fraction of sp³-hybridized carbons (Fsp3) is 0.182. The number of rotatable bonds is 1. The summed E-state index contributed by atoms with van der Waals surface area (Å²) in [6, 6.07) is 5.51. The summed E-state index contributed by atoms with van der Waals surface area (Å²) in [6.07, 6.45) is 2.85. The van der Waals surface area contributed by atoms with Crippen LogP contribution in [0.1, 0.15) is 11.7 Å². The fourth-order valence-electron chi connectivity index (χ4n) is 1.64. The van der Waals surface area contributed by atoms with E-state index in [1.54, 1.807) is 6.08 Å². The van der Waals surface area contributed by atoms with Gasteiger partial charge in [-0.2, -0.15) is 0 Å². The first-order chi connectivity index (χ1) is 7.33. The average Bonchev–Trinajstić information content (AvgIpc) is 2.84. The third-order valence-electron chi connectivity index (χ3n) is 2.38. The lowest BCUT2D eigenvalue weighted by Crippen LogP contribution is -1.99. The number of carbonyl (C=O) groups is 1. The van der Waals surface area contributed by atoms with Gasteiger partial charge in [-0.05, 0) is 18.2 Å². The molecule has 4 heteroatoms. The summed E-state index contributed by atoms with van der Waals surface area (Å²) in [5.41, 5.74) is 0.890. The number of fused-ring (bicyclic) bond motifs is 1. The predicted molar refractivity (Wildman–Crippen MR) is 50.5 cm³/mol. The second-order valence-electron chi connectivity index (χ2n) is 3.33. The monoisotopic (exact) mass is 204 g/mol. The van der Waals surface area contributed by atoms with Crippen molar-refractivity contribution < 1.29 is 19.0 Å². The predicted octanol–water partition coefficient (Wildman–Crippen LogP) is 1.57. The van der Waals surface area contributed by atoms with E-state index in [1.165, 1.54) is 6.08 Å². The van der Waals surface area contributed by atoms with Gasteiger partial charge in [-0.25, -0.2) is 4.79 Å². The van der Waals surface area contributed by atoms with Crippen LogP contribution in [-0.4, -0.2) is 12.8 Å². The van der Waals surface area contributed by atoms with Crippen molar-refractivity contribution in [3.05, 3.63) is 35.9 Å². The number of hydrogen-bond acceptors (Lipinski definition) is 4. The first kappa shape index (κ1) is 8.35. The molecule has 1 atom stereocenters. The maximum atomic E-state index is 10.9. The number of hydrogen-bond donors (Lipinski definition) is 0. The number of cyclic esters (lactones) is 1. The second-order valence-corrected chi connectivity index (χ2v) is 3.33. The molecule has 2 aliphatic rings. The second kappa shape index (κ2) is 3.02. The maximum Gasteiger partial charge on any atom is 0.331 e. The van der Waals surface area contributed by atoms with Crippen LogP contribution < -0.4 is 9.47 Å². The zero-order chi connectivity index (χ0) is 10.3. The zero-order valence-electron chi connectivity index (χ0n) is 7.80. The van der Waals surface area contributed by atoms with Crippen LogP contribution in [0.3, 0.4) is 0 Å². The molecule has 0 N–H and O–H groups in total. The SMILES string of the molecule is O=C1C=CC(c2ccc3c(c2)OCO3)O1. The summed E-state index contributed by atoms with van der Waals surface area (Å²) >= 11 is 0. The van der Waals surface area contributed by atoms with Gasteiger partial charge in [0.15, 0.2) is 11.5 Å². The molecule has 1 aromatic rings. The molecule has 1 aromatic carbocycles. The highest BCUT2D eigenvalue weighted by molar-refractivity contribution is 5.84. The van der Waals surface area contributed by atoms with Crippen LogP contribution in [0, 0.1) is 0 Å². The Morgan fingerprint density at radius 3 is 2.87 bits per heavy atom. The Hall–Kier alpha value is -1.97. The molecule has 2 heterocycles. The Morgan fingerprint density at radius 2 is 2.07 bits per heavy atom. The molecule has 0 radical (unpaired) electrons. The summed E-state index contributed by atoms with van der Waals surface area (Å²) < 4.78 is 15.5. The number of ether oxygens (including phenoxy) is 3. The van der Waals surface area contributed by atoms with Gasteiger partial charge >= 0.3 is 5.97 Å². The molecule has 0 spiro atoms. The summed E-state index contributed by atoms with van der Waals surface area (Å²) in [7, 11) is 0. The molecule has 0 saturated carbocycles. The molecular weight excluding hydrogens is 196 g/mol. The van der Waals surface area contributed by atoms with Crippen LogP contribution >= 0.6 is 0 Å². The smallest absolute Gasteiger partial charge is 0.331 e. The third kappa shape index (κ3) is 1.34. The van der Waals surface area contributed by atoms with Gasteiger partial charge in [0.2, 0.25) is 6.79 Å². The van der Waals surface area contributed by atoms with E-state index in [4.69, 9.17) is 14.2 Å². The van der Waals surface area contributed by atoms with Gasteiger partial charge in [-0.3, -0.25) is 0 Å². The first-order valence-electron chi connectivity index (χ1n) is 4.61. The molecule has 0 aliphatic carbocycles. The van der Waals surface area contributed by atoms with Crippen molar-refractivity contribution in [2.24, 2.45) is 0 Å².